The number of benzene rings is 1. The Morgan fingerprint density at radius 1 is 1.27 bits per heavy atom. The van der Waals surface area contributed by atoms with Crippen molar-refractivity contribution in [1.29, 1.82) is 0 Å². The molecule has 1 aromatic heterocycles. The lowest BCUT2D eigenvalue weighted by atomic mass is 10.2. The lowest BCUT2D eigenvalue weighted by molar-refractivity contribution is 0.760. The maximum atomic E-state index is 4.27. The molecule has 2 aromatic rings. The largest absolute Gasteiger partial charge is 0.367 e. The van der Waals surface area contributed by atoms with Crippen LogP contribution in [0.1, 0.15) is 20.3 Å². The highest BCUT2D eigenvalue weighted by Crippen LogP contribution is 2.19. The molecule has 1 heterocycles. The number of rotatable bonds is 3. The van der Waals surface area contributed by atoms with Gasteiger partial charge in [-0.2, -0.15) is 0 Å². The van der Waals surface area contributed by atoms with E-state index in [4.69, 9.17) is 0 Å². The normalized spacial score (nSPS) is 12.7. The summed E-state index contributed by atoms with van der Waals surface area (Å²) in [6.45, 7) is 4.30. The Bertz CT molecular complexity index is 448. The number of hydrogen-bond acceptors (Lipinski definition) is 3. The average molecular weight is 201 g/mol. The fourth-order valence-corrected chi connectivity index (χ4v) is 1.46. The highest BCUT2D eigenvalue weighted by Gasteiger charge is 2.04. The number of nitrogens with zero attached hydrogens (tertiary/aromatic N) is 2. The third kappa shape index (κ3) is 2.06. The van der Waals surface area contributed by atoms with Gasteiger partial charge in [-0.15, -0.1) is 0 Å². The Morgan fingerprint density at radius 3 is 2.87 bits per heavy atom. The van der Waals surface area contributed by atoms with Crippen molar-refractivity contribution < 1.29 is 0 Å². The molecule has 0 aliphatic heterocycles. The molecule has 0 aliphatic carbocycles. The second-order valence-electron chi connectivity index (χ2n) is 3.69. The first-order valence-corrected chi connectivity index (χ1v) is 5.27. The van der Waals surface area contributed by atoms with Crippen LogP contribution in [0.4, 0.5) is 5.82 Å². The maximum Gasteiger partial charge on any atom is 0.137 e. The van der Waals surface area contributed by atoms with Gasteiger partial charge in [0.25, 0.3) is 0 Å². The summed E-state index contributed by atoms with van der Waals surface area (Å²) in [7, 11) is 0. The van der Waals surface area contributed by atoms with E-state index in [1.165, 1.54) is 0 Å². The molecule has 0 aliphatic rings. The number of nitrogens with one attached hydrogen (secondary N) is 1. The molecular formula is C12H15N3. The predicted molar refractivity (Wildman–Crippen MR) is 62.9 cm³/mol. The molecule has 3 nitrogen and oxygen atoms in total. The quantitative estimate of drug-likeness (QED) is 0.829. The summed E-state index contributed by atoms with van der Waals surface area (Å²) in [5.41, 5.74) is 0.985. The summed E-state index contributed by atoms with van der Waals surface area (Å²) >= 11 is 0. The molecule has 0 spiro atoms. The van der Waals surface area contributed by atoms with E-state index in [2.05, 4.69) is 29.1 Å². The number of anilines is 1. The molecule has 2 rings (SSSR count). The Balaban J connectivity index is 2.42. The van der Waals surface area contributed by atoms with E-state index in [9.17, 15) is 0 Å². The lowest BCUT2D eigenvalue weighted by Gasteiger charge is -2.13. The van der Waals surface area contributed by atoms with Gasteiger partial charge in [-0.3, -0.25) is 0 Å². The van der Waals surface area contributed by atoms with Crippen molar-refractivity contribution in [3.8, 4) is 0 Å². The summed E-state index contributed by atoms with van der Waals surface area (Å²) < 4.78 is 0. The van der Waals surface area contributed by atoms with Crippen LogP contribution in [0.2, 0.25) is 0 Å². The number of aromatic nitrogens is 2. The van der Waals surface area contributed by atoms with Gasteiger partial charge in [-0.1, -0.05) is 19.1 Å². The van der Waals surface area contributed by atoms with Crippen LogP contribution in [-0.2, 0) is 0 Å². The molecule has 0 radical (unpaired) electrons. The Morgan fingerprint density at radius 2 is 2.07 bits per heavy atom. The summed E-state index contributed by atoms with van der Waals surface area (Å²) in [5.74, 6) is 0.926. The van der Waals surface area contributed by atoms with E-state index in [1.807, 2.05) is 24.3 Å². The molecule has 0 saturated carbocycles. The molecule has 78 valence electrons. The first kappa shape index (κ1) is 9.90. The van der Waals surface area contributed by atoms with E-state index in [-0.39, 0.29) is 0 Å². The second kappa shape index (κ2) is 4.26. The Kier molecular flexibility index (Phi) is 2.81. The smallest absolute Gasteiger partial charge is 0.137 e. The van der Waals surface area contributed by atoms with Crippen molar-refractivity contribution in [3.63, 3.8) is 0 Å². The standard InChI is InChI=1S/C12H15N3/c1-3-9(2)15-12-10-6-4-5-7-11(10)13-8-14-12/h4-9H,3H2,1-2H3,(H,13,14,15)/t9-/m0/s1. The van der Waals surface area contributed by atoms with E-state index in [0.717, 1.165) is 23.1 Å². The van der Waals surface area contributed by atoms with E-state index < -0.39 is 0 Å². The second-order valence-corrected chi connectivity index (χ2v) is 3.69. The van der Waals surface area contributed by atoms with Crippen LogP contribution in [0.5, 0.6) is 0 Å². The number of fused-ring (bicyclic) bond motifs is 1. The van der Waals surface area contributed by atoms with Crippen LogP contribution in [0.3, 0.4) is 0 Å². The van der Waals surface area contributed by atoms with Crippen molar-refractivity contribution in [2.24, 2.45) is 0 Å². The first-order chi connectivity index (χ1) is 7.31. The summed E-state index contributed by atoms with van der Waals surface area (Å²) in [6, 6.07) is 8.47. The Labute approximate surface area is 89.6 Å². The third-order valence-corrected chi connectivity index (χ3v) is 2.54. The monoisotopic (exact) mass is 201 g/mol. The van der Waals surface area contributed by atoms with Crippen LogP contribution in [0.25, 0.3) is 10.9 Å². The van der Waals surface area contributed by atoms with Crippen molar-refractivity contribution >= 4 is 16.7 Å². The van der Waals surface area contributed by atoms with E-state index >= 15 is 0 Å². The van der Waals surface area contributed by atoms with Gasteiger partial charge in [0.2, 0.25) is 0 Å². The van der Waals surface area contributed by atoms with Gasteiger partial charge in [-0.25, -0.2) is 9.97 Å². The molecule has 1 atom stereocenters. The molecular weight excluding hydrogens is 186 g/mol. The Hall–Kier alpha value is -1.64. The van der Waals surface area contributed by atoms with Crippen LogP contribution in [0.15, 0.2) is 30.6 Å². The minimum Gasteiger partial charge on any atom is -0.367 e. The van der Waals surface area contributed by atoms with Crippen molar-refractivity contribution in [2.75, 3.05) is 5.32 Å². The summed E-state index contributed by atoms with van der Waals surface area (Å²) in [4.78, 5) is 8.50. The summed E-state index contributed by atoms with van der Waals surface area (Å²) in [5, 5.41) is 4.47. The van der Waals surface area contributed by atoms with Crippen molar-refractivity contribution in [2.45, 2.75) is 26.3 Å². The SMILES string of the molecule is CC[C@H](C)Nc1ncnc2ccccc12. The molecule has 0 saturated heterocycles. The van der Waals surface area contributed by atoms with Gasteiger partial charge in [0.05, 0.1) is 5.52 Å². The zero-order valence-corrected chi connectivity index (χ0v) is 9.07. The fourth-order valence-electron chi connectivity index (χ4n) is 1.46. The van der Waals surface area contributed by atoms with Crippen LogP contribution in [-0.4, -0.2) is 16.0 Å². The summed E-state index contributed by atoms with van der Waals surface area (Å²) in [6.07, 6.45) is 2.69. The molecule has 0 amide bonds. The van der Waals surface area contributed by atoms with Crippen LogP contribution in [0, 0.1) is 0 Å². The molecule has 1 N–H and O–H groups in total. The highest BCUT2D eigenvalue weighted by molar-refractivity contribution is 5.88. The van der Waals surface area contributed by atoms with Gasteiger partial charge in [-0.05, 0) is 25.5 Å². The zero-order chi connectivity index (χ0) is 10.7. The van der Waals surface area contributed by atoms with Crippen LogP contribution >= 0.6 is 0 Å². The fraction of sp³-hybridized carbons (Fsp3) is 0.333. The topological polar surface area (TPSA) is 37.8 Å². The van der Waals surface area contributed by atoms with Gasteiger partial charge >= 0.3 is 0 Å². The first-order valence-electron chi connectivity index (χ1n) is 5.27. The zero-order valence-electron chi connectivity index (χ0n) is 9.07. The highest BCUT2D eigenvalue weighted by atomic mass is 15.0. The number of para-hydroxylation sites is 1. The van der Waals surface area contributed by atoms with Crippen molar-refractivity contribution in [1.82, 2.24) is 9.97 Å². The molecule has 0 fully saturated rings. The number of hydrogen-bond donors (Lipinski definition) is 1. The van der Waals surface area contributed by atoms with E-state index in [0.29, 0.717) is 6.04 Å². The minimum absolute atomic E-state index is 0.434. The average Bonchev–Trinajstić information content (AvgIpc) is 2.29. The molecule has 15 heavy (non-hydrogen) atoms. The maximum absolute atomic E-state index is 4.27. The minimum atomic E-state index is 0.434. The van der Waals surface area contributed by atoms with Gasteiger partial charge in [0.1, 0.15) is 12.1 Å². The van der Waals surface area contributed by atoms with E-state index in [1.54, 1.807) is 6.33 Å². The molecule has 1 aromatic carbocycles. The van der Waals surface area contributed by atoms with Gasteiger partial charge in [0.15, 0.2) is 0 Å². The predicted octanol–water partition coefficient (Wildman–Crippen LogP) is 2.84. The molecule has 0 unspecified atom stereocenters. The lowest BCUT2D eigenvalue weighted by Crippen LogP contribution is -2.14. The molecule has 3 heteroatoms. The molecule has 0 bridgehead atoms. The van der Waals surface area contributed by atoms with Crippen molar-refractivity contribution in [3.05, 3.63) is 30.6 Å². The van der Waals surface area contributed by atoms with Gasteiger partial charge in [0, 0.05) is 11.4 Å². The van der Waals surface area contributed by atoms with Crippen LogP contribution < -0.4 is 5.32 Å². The van der Waals surface area contributed by atoms with Gasteiger partial charge < -0.3 is 5.32 Å². The third-order valence-electron chi connectivity index (χ3n) is 2.54.